The number of carbonyl (C=O) groups excluding carboxylic acids is 2. The number of carboxylic acid groups (broad SMARTS) is 1. The first kappa shape index (κ1) is 22.5. The predicted molar refractivity (Wildman–Crippen MR) is 117 cm³/mol. The third-order valence-corrected chi connectivity index (χ3v) is 6.07. The quantitative estimate of drug-likeness (QED) is 0.513. The molecule has 35 heavy (non-hydrogen) atoms. The molecule has 2 aliphatic heterocycles. The molecule has 1 N–H and O–H groups in total. The molecular weight excluding hydrogens is 464 g/mol. The number of aromatic nitrogens is 2. The average molecular weight is 483 g/mol. The second-order valence-corrected chi connectivity index (χ2v) is 8.30. The van der Waals surface area contributed by atoms with Gasteiger partial charge < -0.3 is 24.3 Å². The second-order valence-electron chi connectivity index (χ2n) is 8.30. The average Bonchev–Trinajstić information content (AvgIpc) is 3.45. The minimum atomic E-state index is -3.72. The molecule has 3 heterocycles. The molecule has 1 amide bonds. The molecule has 2 aliphatic rings. The zero-order chi connectivity index (χ0) is 24.9. The summed E-state index contributed by atoms with van der Waals surface area (Å²) in [5.41, 5.74) is 3.77. The smallest absolute Gasteiger partial charge is 0.481 e. The molecule has 11 heteroatoms. The van der Waals surface area contributed by atoms with Crippen molar-refractivity contribution in [2.75, 3.05) is 0 Å². The number of amides is 1. The molecular formula is C24H19F2N3O6. The SMILES string of the molecule is Cn1ncc(-c2ccc3c(c2)CN(C(C=O)CCC(=O)O)C3=O)c1-c1ccc2c(c1)OC(F)(F)O2. The summed E-state index contributed by atoms with van der Waals surface area (Å²) in [6.45, 7) is 0.166. The first-order valence-electron chi connectivity index (χ1n) is 10.7. The Balaban J connectivity index is 1.47. The van der Waals surface area contributed by atoms with Crippen molar-refractivity contribution in [3.8, 4) is 33.9 Å². The molecule has 1 aromatic heterocycles. The fraction of sp³-hybridized carbons (Fsp3) is 0.250. The maximum atomic E-state index is 13.5. The van der Waals surface area contributed by atoms with Crippen molar-refractivity contribution >= 4 is 18.2 Å². The van der Waals surface area contributed by atoms with E-state index in [0.717, 1.165) is 5.56 Å². The molecule has 3 aromatic rings. The Labute approximate surface area is 197 Å². The van der Waals surface area contributed by atoms with E-state index >= 15 is 0 Å². The van der Waals surface area contributed by atoms with Crippen molar-refractivity contribution in [2.45, 2.75) is 31.7 Å². The largest absolute Gasteiger partial charge is 0.586 e. The third-order valence-electron chi connectivity index (χ3n) is 6.07. The topological polar surface area (TPSA) is 111 Å². The molecule has 0 saturated heterocycles. The Morgan fingerprint density at radius 1 is 1.17 bits per heavy atom. The maximum Gasteiger partial charge on any atom is 0.586 e. The van der Waals surface area contributed by atoms with Gasteiger partial charge in [0, 0.05) is 36.7 Å². The predicted octanol–water partition coefficient (Wildman–Crippen LogP) is 3.46. The summed E-state index contributed by atoms with van der Waals surface area (Å²) in [4.78, 5) is 36.7. The molecule has 1 unspecified atom stereocenters. The van der Waals surface area contributed by atoms with Crippen molar-refractivity contribution in [3.05, 3.63) is 53.7 Å². The Bertz CT molecular complexity index is 1370. The fourth-order valence-corrected chi connectivity index (χ4v) is 4.43. The van der Waals surface area contributed by atoms with Gasteiger partial charge in [-0.05, 0) is 47.9 Å². The number of ether oxygens (including phenoxy) is 2. The van der Waals surface area contributed by atoms with Crippen LogP contribution < -0.4 is 9.47 Å². The third kappa shape index (κ3) is 3.98. The van der Waals surface area contributed by atoms with Gasteiger partial charge in [-0.15, -0.1) is 8.78 Å². The molecule has 0 bridgehead atoms. The molecule has 0 radical (unpaired) electrons. The van der Waals surface area contributed by atoms with E-state index in [1.54, 1.807) is 36.1 Å². The number of carbonyl (C=O) groups is 3. The molecule has 1 atom stereocenters. The van der Waals surface area contributed by atoms with Crippen LogP contribution in [-0.4, -0.2) is 50.3 Å². The highest BCUT2D eigenvalue weighted by Crippen LogP contribution is 2.44. The highest BCUT2D eigenvalue weighted by molar-refractivity contribution is 6.00. The van der Waals surface area contributed by atoms with Crippen LogP contribution in [0.25, 0.3) is 22.4 Å². The van der Waals surface area contributed by atoms with Crippen LogP contribution in [0.5, 0.6) is 11.5 Å². The number of carboxylic acids is 1. The summed E-state index contributed by atoms with van der Waals surface area (Å²) in [7, 11) is 1.72. The van der Waals surface area contributed by atoms with Crippen LogP contribution in [0.15, 0.2) is 42.6 Å². The van der Waals surface area contributed by atoms with Gasteiger partial charge in [0.05, 0.1) is 17.9 Å². The van der Waals surface area contributed by atoms with Crippen molar-refractivity contribution < 1.29 is 37.7 Å². The summed E-state index contributed by atoms with van der Waals surface area (Å²) >= 11 is 0. The Morgan fingerprint density at radius 2 is 1.91 bits per heavy atom. The molecule has 0 fully saturated rings. The standard InChI is InChI=1S/C24H19F2N3O6/c1-28-22(14-3-6-19-20(9-14)35-24(25,26)34-19)18(10-27-28)13-2-5-17-15(8-13)11-29(23(17)33)16(12-30)4-7-21(31)32/h2-3,5-6,8-10,12,16H,4,7,11H2,1H3,(H,31,32). The van der Waals surface area contributed by atoms with E-state index in [2.05, 4.69) is 14.6 Å². The number of benzene rings is 2. The Hall–Kier alpha value is -4.28. The summed E-state index contributed by atoms with van der Waals surface area (Å²) in [5.74, 6) is -1.53. The van der Waals surface area contributed by atoms with Crippen LogP contribution >= 0.6 is 0 Å². The summed E-state index contributed by atoms with van der Waals surface area (Å²) in [6, 6.07) is 8.85. The first-order valence-corrected chi connectivity index (χ1v) is 10.7. The molecule has 180 valence electrons. The van der Waals surface area contributed by atoms with Crippen molar-refractivity contribution in [1.82, 2.24) is 14.7 Å². The maximum absolute atomic E-state index is 13.5. The number of nitrogens with zero attached hydrogens (tertiary/aromatic N) is 3. The normalized spacial score (nSPS) is 16.3. The summed E-state index contributed by atoms with van der Waals surface area (Å²) < 4.78 is 37.5. The van der Waals surface area contributed by atoms with Crippen molar-refractivity contribution in [1.29, 1.82) is 0 Å². The monoisotopic (exact) mass is 483 g/mol. The lowest BCUT2D eigenvalue weighted by Crippen LogP contribution is -2.37. The number of aliphatic carboxylic acids is 1. The van der Waals surface area contributed by atoms with E-state index in [9.17, 15) is 23.2 Å². The summed E-state index contributed by atoms with van der Waals surface area (Å²) in [6.07, 6.45) is -1.70. The van der Waals surface area contributed by atoms with Crippen molar-refractivity contribution in [3.63, 3.8) is 0 Å². The lowest BCUT2D eigenvalue weighted by atomic mass is 9.98. The van der Waals surface area contributed by atoms with Crippen molar-refractivity contribution in [2.24, 2.45) is 7.05 Å². The first-order chi connectivity index (χ1) is 16.7. The number of halogens is 2. The Morgan fingerprint density at radius 3 is 2.66 bits per heavy atom. The molecule has 5 rings (SSSR count). The fourth-order valence-electron chi connectivity index (χ4n) is 4.43. The second kappa shape index (κ2) is 8.19. The molecule has 0 saturated carbocycles. The van der Waals surface area contributed by atoms with E-state index in [1.165, 1.54) is 17.0 Å². The van der Waals surface area contributed by atoms with E-state index in [-0.39, 0.29) is 36.8 Å². The molecule has 0 spiro atoms. The molecule has 0 aliphatic carbocycles. The zero-order valence-corrected chi connectivity index (χ0v) is 18.4. The number of aldehydes is 1. The van der Waals surface area contributed by atoms with Gasteiger partial charge >= 0.3 is 12.3 Å². The van der Waals surface area contributed by atoms with Gasteiger partial charge in [0.15, 0.2) is 11.5 Å². The zero-order valence-electron chi connectivity index (χ0n) is 18.4. The number of aryl methyl sites for hydroxylation is 1. The molecule has 9 nitrogen and oxygen atoms in total. The minimum Gasteiger partial charge on any atom is -0.481 e. The van der Waals surface area contributed by atoms with E-state index in [0.29, 0.717) is 34.2 Å². The van der Waals surface area contributed by atoms with Gasteiger partial charge in [-0.1, -0.05) is 6.07 Å². The number of rotatable bonds is 7. The number of fused-ring (bicyclic) bond motifs is 2. The Kier molecular flexibility index (Phi) is 5.27. The van der Waals surface area contributed by atoms with Crippen LogP contribution in [0.3, 0.4) is 0 Å². The number of alkyl halides is 2. The van der Waals surface area contributed by atoms with Crippen LogP contribution in [0.2, 0.25) is 0 Å². The molecule has 2 aromatic carbocycles. The van der Waals surface area contributed by atoms with E-state index in [1.807, 2.05) is 6.07 Å². The van der Waals surface area contributed by atoms with Gasteiger partial charge in [0.25, 0.3) is 5.91 Å². The van der Waals surface area contributed by atoms with Crippen LogP contribution in [0.1, 0.15) is 28.8 Å². The summed E-state index contributed by atoms with van der Waals surface area (Å²) in [5, 5.41) is 13.2. The lowest BCUT2D eigenvalue weighted by molar-refractivity contribution is -0.286. The van der Waals surface area contributed by atoms with Crippen LogP contribution in [0.4, 0.5) is 8.78 Å². The van der Waals surface area contributed by atoms with E-state index in [4.69, 9.17) is 5.11 Å². The van der Waals surface area contributed by atoms with Gasteiger partial charge in [0.1, 0.15) is 6.29 Å². The highest BCUT2D eigenvalue weighted by atomic mass is 19.3. The van der Waals surface area contributed by atoms with E-state index < -0.39 is 18.3 Å². The lowest BCUT2D eigenvalue weighted by Gasteiger charge is -2.22. The van der Waals surface area contributed by atoms with Crippen LogP contribution in [-0.2, 0) is 23.2 Å². The van der Waals surface area contributed by atoms with Gasteiger partial charge in [-0.2, -0.15) is 5.10 Å². The minimum absolute atomic E-state index is 0.0291. The van der Waals surface area contributed by atoms with Gasteiger partial charge in [-0.25, -0.2) is 0 Å². The highest BCUT2D eigenvalue weighted by Gasteiger charge is 2.43. The van der Waals surface area contributed by atoms with Crippen LogP contribution in [0, 0.1) is 0 Å². The van der Waals surface area contributed by atoms with Gasteiger partial charge in [-0.3, -0.25) is 14.3 Å². The number of hydrogen-bond donors (Lipinski definition) is 1. The number of hydrogen-bond acceptors (Lipinski definition) is 6. The van der Waals surface area contributed by atoms with Gasteiger partial charge in [0.2, 0.25) is 0 Å².